The minimum atomic E-state index is -1.08. The maximum Gasteiger partial charge on any atom is 0.228 e. The second kappa shape index (κ2) is 7.31. The number of anilines is 1. The van der Waals surface area contributed by atoms with Crippen LogP contribution in [-0.2, 0) is 24.3 Å². The van der Waals surface area contributed by atoms with Crippen molar-refractivity contribution in [3.63, 3.8) is 0 Å². The lowest BCUT2D eigenvalue weighted by atomic mass is 10.0. The number of aryl methyl sites for hydroxylation is 1. The molecule has 0 saturated carbocycles. The lowest BCUT2D eigenvalue weighted by Gasteiger charge is -2.28. The number of carbonyl (C=O) groups excluding carboxylic acids is 2. The van der Waals surface area contributed by atoms with Crippen LogP contribution >= 0.6 is 0 Å². The molecule has 1 aliphatic carbocycles. The number of aliphatic hydroxyl groups is 2. The number of nitrogens with one attached hydrogen (secondary N) is 1. The molecule has 1 aliphatic heterocycles. The number of Topliss-reactive ketones (excluding diaryl/α,β-unsaturated/α-hetero) is 1. The summed E-state index contributed by atoms with van der Waals surface area (Å²) in [5, 5.41) is 22.1. The number of ether oxygens (including phenoxy) is 1. The SMILES string of the molecule is CCc1ccc(NC2=CC(=O)c3nc4n(c3C2=O)C[C@@H]([C@H](O)CO)OC4)cc1. The number of rotatable bonds is 5. The Morgan fingerprint density at radius 2 is 2.07 bits per heavy atom. The highest BCUT2D eigenvalue weighted by Gasteiger charge is 2.36. The van der Waals surface area contributed by atoms with E-state index in [2.05, 4.69) is 17.2 Å². The average Bonchev–Trinajstić information content (AvgIpc) is 3.11. The van der Waals surface area contributed by atoms with Gasteiger partial charge in [-0.2, -0.15) is 0 Å². The first-order chi connectivity index (χ1) is 13.5. The Hall–Kier alpha value is -2.81. The van der Waals surface area contributed by atoms with E-state index in [9.17, 15) is 14.7 Å². The Bertz CT molecular complexity index is 961. The first-order valence-electron chi connectivity index (χ1n) is 9.18. The molecule has 8 heteroatoms. The largest absolute Gasteiger partial charge is 0.394 e. The zero-order valence-electron chi connectivity index (χ0n) is 15.4. The van der Waals surface area contributed by atoms with Crippen LogP contribution in [0, 0.1) is 0 Å². The molecule has 0 fully saturated rings. The Morgan fingerprint density at radius 1 is 1.32 bits per heavy atom. The molecule has 0 saturated heterocycles. The van der Waals surface area contributed by atoms with E-state index < -0.39 is 18.8 Å². The van der Waals surface area contributed by atoms with Crippen LogP contribution in [0.2, 0.25) is 0 Å². The molecule has 0 spiro atoms. The molecule has 28 heavy (non-hydrogen) atoms. The Kier molecular flexibility index (Phi) is 4.84. The second-order valence-electron chi connectivity index (χ2n) is 6.86. The van der Waals surface area contributed by atoms with Crippen molar-refractivity contribution < 1.29 is 24.5 Å². The predicted molar refractivity (Wildman–Crippen MR) is 100 cm³/mol. The first kappa shape index (κ1) is 18.5. The number of nitrogens with zero attached hydrogens (tertiary/aromatic N) is 2. The number of aromatic nitrogens is 2. The van der Waals surface area contributed by atoms with Gasteiger partial charge in [0.2, 0.25) is 11.6 Å². The zero-order chi connectivity index (χ0) is 19.8. The average molecular weight is 383 g/mol. The molecule has 2 heterocycles. The van der Waals surface area contributed by atoms with Crippen LogP contribution in [0.25, 0.3) is 0 Å². The fraction of sp³-hybridized carbons (Fsp3) is 0.350. The molecule has 2 aliphatic rings. The molecule has 0 radical (unpaired) electrons. The van der Waals surface area contributed by atoms with Gasteiger partial charge in [0, 0.05) is 11.8 Å². The van der Waals surface area contributed by atoms with Crippen molar-refractivity contribution in [1.82, 2.24) is 9.55 Å². The van der Waals surface area contributed by atoms with Crippen molar-refractivity contribution in [2.24, 2.45) is 0 Å². The maximum atomic E-state index is 13.1. The molecule has 0 bridgehead atoms. The minimum absolute atomic E-state index is 0.0521. The van der Waals surface area contributed by atoms with Crippen molar-refractivity contribution in [1.29, 1.82) is 0 Å². The van der Waals surface area contributed by atoms with E-state index >= 15 is 0 Å². The smallest absolute Gasteiger partial charge is 0.228 e. The molecule has 0 amide bonds. The van der Waals surface area contributed by atoms with Crippen molar-refractivity contribution in [2.45, 2.75) is 38.7 Å². The van der Waals surface area contributed by atoms with Crippen LogP contribution in [0.5, 0.6) is 0 Å². The summed E-state index contributed by atoms with van der Waals surface area (Å²) in [5.41, 5.74) is 2.34. The van der Waals surface area contributed by atoms with Gasteiger partial charge in [-0.1, -0.05) is 19.1 Å². The van der Waals surface area contributed by atoms with E-state index in [0.29, 0.717) is 11.5 Å². The van der Waals surface area contributed by atoms with Gasteiger partial charge < -0.3 is 24.8 Å². The summed E-state index contributed by atoms with van der Waals surface area (Å²) in [7, 11) is 0. The normalized spacial score (nSPS) is 19.7. The molecule has 1 aromatic carbocycles. The van der Waals surface area contributed by atoms with Crippen molar-refractivity contribution in [3.8, 4) is 0 Å². The van der Waals surface area contributed by atoms with Crippen LogP contribution in [0.15, 0.2) is 36.0 Å². The number of hydrogen-bond acceptors (Lipinski definition) is 7. The number of imidazole rings is 1. The van der Waals surface area contributed by atoms with Gasteiger partial charge in [-0.3, -0.25) is 9.59 Å². The zero-order valence-corrected chi connectivity index (χ0v) is 15.4. The van der Waals surface area contributed by atoms with Crippen LogP contribution in [0.3, 0.4) is 0 Å². The Labute approximate surface area is 161 Å². The number of benzene rings is 1. The Balaban J connectivity index is 1.64. The number of allylic oxidation sites excluding steroid dienone is 2. The quantitative estimate of drug-likeness (QED) is 0.708. The molecule has 2 atom stereocenters. The van der Waals surface area contributed by atoms with E-state index in [4.69, 9.17) is 9.84 Å². The number of fused-ring (bicyclic) bond motifs is 3. The molecule has 1 aromatic heterocycles. The molecule has 4 rings (SSSR count). The molecule has 3 N–H and O–H groups in total. The van der Waals surface area contributed by atoms with Gasteiger partial charge in [0.05, 0.1) is 18.8 Å². The summed E-state index contributed by atoms with van der Waals surface area (Å²) in [6, 6.07) is 7.64. The maximum absolute atomic E-state index is 13.1. The molecule has 146 valence electrons. The summed E-state index contributed by atoms with van der Waals surface area (Å²) < 4.78 is 7.11. The highest BCUT2D eigenvalue weighted by atomic mass is 16.5. The predicted octanol–water partition coefficient (Wildman–Crippen LogP) is 1.07. The summed E-state index contributed by atoms with van der Waals surface area (Å²) >= 11 is 0. The van der Waals surface area contributed by atoms with Crippen molar-refractivity contribution in [3.05, 3.63) is 58.8 Å². The lowest BCUT2D eigenvalue weighted by Crippen LogP contribution is -2.40. The topological polar surface area (TPSA) is 114 Å². The highest BCUT2D eigenvalue weighted by molar-refractivity contribution is 6.24. The van der Waals surface area contributed by atoms with Gasteiger partial charge in [-0.25, -0.2) is 4.98 Å². The van der Waals surface area contributed by atoms with E-state index in [-0.39, 0.29) is 41.8 Å². The van der Waals surface area contributed by atoms with Gasteiger partial charge >= 0.3 is 0 Å². The third kappa shape index (κ3) is 3.15. The summed E-state index contributed by atoms with van der Waals surface area (Å²) in [6.45, 7) is 1.79. The van der Waals surface area contributed by atoms with Gasteiger partial charge in [0.25, 0.3) is 0 Å². The number of carbonyl (C=O) groups is 2. The number of aliphatic hydroxyl groups excluding tert-OH is 2. The van der Waals surface area contributed by atoms with Gasteiger partial charge in [0.15, 0.2) is 0 Å². The van der Waals surface area contributed by atoms with Gasteiger partial charge in [-0.05, 0) is 24.1 Å². The van der Waals surface area contributed by atoms with E-state index in [1.54, 1.807) is 4.57 Å². The van der Waals surface area contributed by atoms with E-state index in [1.807, 2.05) is 24.3 Å². The Morgan fingerprint density at radius 3 is 2.75 bits per heavy atom. The monoisotopic (exact) mass is 383 g/mol. The summed E-state index contributed by atoms with van der Waals surface area (Å²) in [6.07, 6.45) is 0.417. The highest BCUT2D eigenvalue weighted by Crippen LogP contribution is 2.27. The third-order valence-electron chi connectivity index (χ3n) is 5.06. The molecular formula is C20H21N3O5. The molecule has 8 nitrogen and oxygen atoms in total. The van der Waals surface area contributed by atoms with Crippen molar-refractivity contribution in [2.75, 3.05) is 11.9 Å². The van der Waals surface area contributed by atoms with Crippen LogP contribution in [0.1, 0.15) is 39.3 Å². The van der Waals surface area contributed by atoms with E-state index in [0.717, 1.165) is 6.42 Å². The standard InChI is InChI=1S/C20H21N3O5/c1-2-11-3-5-12(6-4-11)21-13-7-14(25)18-19(20(13)27)23-8-16(15(26)9-24)28-10-17(23)22-18/h3-7,15-16,21,24,26H,2,8-10H2,1H3/t15-,16+/m1/s1. The molecule has 0 unspecified atom stereocenters. The van der Waals surface area contributed by atoms with Gasteiger partial charge in [-0.15, -0.1) is 0 Å². The number of hydrogen-bond donors (Lipinski definition) is 3. The molecular weight excluding hydrogens is 362 g/mol. The van der Waals surface area contributed by atoms with Crippen LogP contribution in [-0.4, -0.2) is 50.1 Å². The molecule has 2 aromatic rings. The fourth-order valence-corrected chi connectivity index (χ4v) is 3.44. The van der Waals surface area contributed by atoms with E-state index in [1.165, 1.54) is 11.6 Å². The third-order valence-corrected chi connectivity index (χ3v) is 5.06. The first-order valence-corrected chi connectivity index (χ1v) is 9.18. The van der Waals surface area contributed by atoms with Crippen LogP contribution in [0.4, 0.5) is 5.69 Å². The lowest BCUT2D eigenvalue weighted by molar-refractivity contribution is -0.0873. The summed E-state index contributed by atoms with van der Waals surface area (Å²) in [4.78, 5) is 29.9. The summed E-state index contributed by atoms with van der Waals surface area (Å²) in [5.74, 6) is -0.245. The second-order valence-corrected chi connectivity index (χ2v) is 6.86. The van der Waals surface area contributed by atoms with Crippen LogP contribution < -0.4 is 5.32 Å². The fourth-order valence-electron chi connectivity index (χ4n) is 3.44. The van der Waals surface area contributed by atoms with Gasteiger partial charge in [0.1, 0.15) is 36.0 Å². The van der Waals surface area contributed by atoms with Crippen molar-refractivity contribution >= 4 is 17.3 Å². The number of ketones is 2. The minimum Gasteiger partial charge on any atom is -0.394 e.